The highest BCUT2D eigenvalue weighted by atomic mass is 79.9. The highest BCUT2D eigenvalue weighted by Gasteiger charge is 2.11. The maximum absolute atomic E-state index is 12.2. The van der Waals surface area contributed by atoms with Gasteiger partial charge in [0.2, 0.25) is 0 Å². The monoisotopic (exact) mass is 365 g/mol. The summed E-state index contributed by atoms with van der Waals surface area (Å²) in [5.41, 5.74) is 1.82. The Balaban J connectivity index is 1.90. The van der Waals surface area contributed by atoms with Crippen LogP contribution in [0.15, 0.2) is 53.0 Å². The second-order valence-corrected chi connectivity index (χ2v) is 6.24. The SMILES string of the molecule is CN(CCC(=O)c1ccccc1Cl)Cc1ccccc1Br. The van der Waals surface area contributed by atoms with Crippen LogP contribution in [0.5, 0.6) is 0 Å². The van der Waals surface area contributed by atoms with Gasteiger partial charge in [-0.3, -0.25) is 4.79 Å². The van der Waals surface area contributed by atoms with Crippen LogP contribution >= 0.6 is 27.5 Å². The summed E-state index contributed by atoms with van der Waals surface area (Å²) in [6.45, 7) is 1.50. The first kappa shape index (κ1) is 16.2. The van der Waals surface area contributed by atoms with Crippen LogP contribution in [-0.4, -0.2) is 24.3 Å². The summed E-state index contributed by atoms with van der Waals surface area (Å²) in [7, 11) is 2.01. The fourth-order valence-electron chi connectivity index (χ4n) is 2.11. The van der Waals surface area contributed by atoms with Crippen molar-refractivity contribution >= 4 is 33.3 Å². The van der Waals surface area contributed by atoms with E-state index in [0.29, 0.717) is 23.6 Å². The molecule has 2 nitrogen and oxygen atoms in total. The van der Waals surface area contributed by atoms with Gasteiger partial charge in [0.15, 0.2) is 5.78 Å². The smallest absolute Gasteiger partial charge is 0.165 e. The van der Waals surface area contributed by atoms with Gasteiger partial charge < -0.3 is 4.90 Å². The second-order valence-electron chi connectivity index (χ2n) is 4.98. The minimum Gasteiger partial charge on any atom is -0.302 e. The van der Waals surface area contributed by atoms with Gasteiger partial charge in [-0.15, -0.1) is 0 Å². The number of nitrogens with zero attached hydrogens (tertiary/aromatic N) is 1. The molecule has 2 aromatic rings. The molecular formula is C17H17BrClNO. The van der Waals surface area contributed by atoms with E-state index < -0.39 is 0 Å². The zero-order chi connectivity index (χ0) is 15.2. The van der Waals surface area contributed by atoms with Crippen molar-refractivity contribution in [3.8, 4) is 0 Å². The minimum absolute atomic E-state index is 0.0829. The molecule has 0 saturated heterocycles. The third-order valence-corrected chi connectivity index (χ3v) is 4.40. The Kier molecular flexibility index (Phi) is 5.97. The minimum atomic E-state index is 0.0829. The molecular weight excluding hydrogens is 350 g/mol. The van der Waals surface area contributed by atoms with E-state index in [9.17, 15) is 4.79 Å². The van der Waals surface area contributed by atoms with Crippen LogP contribution in [0.1, 0.15) is 22.3 Å². The zero-order valence-electron chi connectivity index (χ0n) is 11.9. The van der Waals surface area contributed by atoms with Crippen LogP contribution in [0.2, 0.25) is 5.02 Å². The van der Waals surface area contributed by atoms with Crippen molar-refractivity contribution in [3.63, 3.8) is 0 Å². The molecule has 0 N–H and O–H groups in total. The normalized spacial score (nSPS) is 10.9. The summed E-state index contributed by atoms with van der Waals surface area (Å²) in [6.07, 6.45) is 0.463. The summed E-state index contributed by atoms with van der Waals surface area (Å²) in [5, 5.41) is 0.524. The zero-order valence-corrected chi connectivity index (χ0v) is 14.2. The Bertz CT molecular complexity index is 630. The summed E-state index contributed by atoms with van der Waals surface area (Å²) < 4.78 is 1.09. The van der Waals surface area contributed by atoms with E-state index in [0.717, 1.165) is 11.0 Å². The van der Waals surface area contributed by atoms with Crippen LogP contribution in [0, 0.1) is 0 Å². The van der Waals surface area contributed by atoms with Crippen LogP contribution in [0.4, 0.5) is 0 Å². The van der Waals surface area contributed by atoms with Crippen LogP contribution in [0.25, 0.3) is 0 Å². The lowest BCUT2D eigenvalue weighted by molar-refractivity contribution is 0.0968. The average molecular weight is 367 g/mol. The second kappa shape index (κ2) is 7.74. The first-order valence-electron chi connectivity index (χ1n) is 6.77. The van der Waals surface area contributed by atoms with Crippen molar-refractivity contribution in [2.24, 2.45) is 0 Å². The van der Waals surface area contributed by atoms with Gasteiger partial charge in [0, 0.05) is 29.5 Å². The van der Waals surface area contributed by atoms with Gasteiger partial charge in [-0.2, -0.15) is 0 Å². The quantitative estimate of drug-likeness (QED) is 0.684. The molecule has 0 aliphatic carbocycles. The molecule has 0 aromatic heterocycles. The van der Waals surface area contributed by atoms with Crippen molar-refractivity contribution in [1.29, 1.82) is 0 Å². The third kappa shape index (κ3) is 4.67. The van der Waals surface area contributed by atoms with Crippen LogP contribution < -0.4 is 0 Å². The Morgan fingerprint density at radius 3 is 2.52 bits per heavy atom. The van der Waals surface area contributed by atoms with Gasteiger partial charge in [-0.25, -0.2) is 0 Å². The topological polar surface area (TPSA) is 20.3 Å². The largest absolute Gasteiger partial charge is 0.302 e. The fourth-order valence-corrected chi connectivity index (χ4v) is 2.76. The number of carbonyl (C=O) groups is 1. The lowest BCUT2D eigenvalue weighted by Gasteiger charge is -2.17. The highest BCUT2D eigenvalue weighted by Crippen LogP contribution is 2.19. The molecule has 0 fully saturated rings. The molecule has 4 heteroatoms. The van der Waals surface area contributed by atoms with E-state index >= 15 is 0 Å². The van der Waals surface area contributed by atoms with Crippen molar-refractivity contribution < 1.29 is 4.79 Å². The van der Waals surface area contributed by atoms with E-state index in [1.165, 1.54) is 5.56 Å². The Labute approximate surface area is 138 Å². The number of rotatable bonds is 6. The Morgan fingerprint density at radius 2 is 1.81 bits per heavy atom. The van der Waals surface area contributed by atoms with E-state index in [2.05, 4.69) is 26.9 Å². The summed E-state index contributed by atoms with van der Waals surface area (Å²) in [5.74, 6) is 0.0829. The van der Waals surface area contributed by atoms with Gasteiger partial charge in [0.1, 0.15) is 0 Å². The van der Waals surface area contributed by atoms with Crippen molar-refractivity contribution in [1.82, 2.24) is 4.90 Å². The number of Topliss-reactive ketones (excluding diaryl/α,β-unsaturated/α-hetero) is 1. The molecule has 0 spiro atoms. The number of halogens is 2. The van der Waals surface area contributed by atoms with Crippen molar-refractivity contribution in [2.45, 2.75) is 13.0 Å². The van der Waals surface area contributed by atoms with Gasteiger partial charge >= 0.3 is 0 Å². The first-order valence-corrected chi connectivity index (χ1v) is 7.94. The molecule has 0 aliphatic heterocycles. The van der Waals surface area contributed by atoms with Crippen molar-refractivity contribution in [3.05, 3.63) is 69.2 Å². The van der Waals surface area contributed by atoms with Gasteiger partial charge in [0.05, 0.1) is 5.02 Å². The first-order chi connectivity index (χ1) is 10.1. The molecule has 0 unspecified atom stereocenters. The molecule has 0 saturated carbocycles. The molecule has 2 aromatic carbocycles. The lowest BCUT2D eigenvalue weighted by Crippen LogP contribution is -2.21. The van der Waals surface area contributed by atoms with Crippen LogP contribution in [0.3, 0.4) is 0 Å². The molecule has 0 bridgehead atoms. The van der Waals surface area contributed by atoms with E-state index in [1.54, 1.807) is 12.1 Å². The Hall–Kier alpha value is -1.16. The highest BCUT2D eigenvalue weighted by molar-refractivity contribution is 9.10. The summed E-state index contributed by atoms with van der Waals surface area (Å²) in [6, 6.07) is 15.3. The number of ketones is 1. The molecule has 2 rings (SSSR count). The molecule has 0 heterocycles. The predicted octanol–water partition coefficient (Wildman–Crippen LogP) is 4.81. The molecule has 110 valence electrons. The molecule has 0 radical (unpaired) electrons. The number of hydrogen-bond donors (Lipinski definition) is 0. The average Bonchev–Trinajstić information content (AvgIpc) is 2.48. The molecule has 0 aliphatic rings. The van der Waals surface area contributed by atoms with Crippen LogP contribution in [-0.2, 0) is 6.54 Å². The maximum Gasteiger partial charge on any atom is 0.165 e. The third-order valence-electron chi connectivity index (χ3n) is 3.29. The summed E-state index contributed by atoms with van der Waals surface area (Å²) in [4.78, 5) is 14.3. The number of hydrogen-bond acceptors (Lipinski definition) is 2. The maximum atomic E-state index is 12.2. The van der Waals surface area contributed by atoms with Gasteiger partial charge in [-0.1, -0.05) is 57.9 Å². The standard InChI is InChI=1S/C17H17BrClNO/c1-20(12-13-6-2-4-8-15(13)18)11-10-17(21)14-7-3-5-9-16(14)19/h2-9H,10-12H2,1H3. The van der Waals surface area contributed by atoms with E-state index in [4.69, 9.17) is 11.6 Å². The fraction of sp³-hybridized carbons (Fsp3) is 0.235. The predicted molar refractivity (Wildman–Crippen MR) is 90.9 cm³/mol. The summed E-state index contributed by atoms with van der Waals surface area (Å²) >= 11 is 9.58. The van der Waals surface area contributed by atoms with E-state index in [-0.39, 0.29) is 5.78 Å². The van der Waals surface area contributed by atoms with E-state index in [1.807, 2.05) is 37.4 Å². The number of carbonyl (C=O) groups excluding carboxylic acids is 1. The Morgan fingerprint density at radius 1 is 1.14 bits per heavy atom. The van der Waals surface area contributed by atoms with Gasteiger partial charge in [0.25, 0.3) is 0 Å². The lowest BCUT2D eigenvalue weighted by atomic mass is 10.1. The van der Waals surface area contributed by atoms with Gasteiger partial charge in [-0.05, 0) is 30.8 Å². The molecule has 21 heavy (non-hydrogen) atoms. The molecule has 0 atom stereocenters. The molecule has 0 amide bonds. The van der Waals surface area contributed by atoms with Crippen molar-refractivity contribution in [2.75, 3.05) is 13.6 Å². The number of benzene rings is 2.